The van der Waals surface area contributed by atoms with Crippen LogP contribution in [-0.4, -0.2) is 28.0 Å². The van der Waals surface area contributed by atoms with Gasteiger partial charge >= 0.3 is 6.16 Å². The molecule has 0 aliphatic heterocycles. The van der Waals surface area contributed by atoms with E-state index in [0.29, 0.717) is 5.92 Å². The van der Waals surface area contributed by atoms with Crippen LogP contribution in [0.5, 0.6) is 0 Å². The molecule has 0 atom stereocenters. The predicted molar refractivity (Wildman–Crippen MR) is 53.7 cm³/mol. The third-order valence-electron chi connectivity index (χ3n) is 1.19. The summed E-state index contributed by atoms with van der Waals surface area (Å²) in [6.07, 6.45) is -1.83. The average Bonchev–Trinajstić information content (AvgIpc) is 1.98. The van der Waals surface area contributed by atoms with Gasteiger partial charge in [0.15, 0.2) is 0 Å². The molecule has 0 saturated carbocycles. The van der Waals surface area contributed by atoms with Crippen molar-refractivity contribution in [3.63, 3.8) is 0 Å². The van der Waals surface area contributed by atoms with Crippen LogP contribution in [0, 0.1) is 11.3 Å². The van der Waals surface area contributed by atoms with Gasteiger partial charge in [0.1, 0.15) is 0 Å². The first-order valence-electron chi connectivity index (χ1n) is 3.83. The van der Waals surface area contributed by atoms with Gasteiger partial charge in [-0.2, -0.15) is 5.10 Å². The molecule has 0 amide bonds. The van der Waals surface area contributed by atoms with Crippen LogP contribution in [0.1, 0.15) is 20.8 Å². The first-order chi connectivity index (χ1) is 6.27. The quantitative estimate of drug-likeness (QED) is 0.257. The van der Waals surface area contributed by atoms with Gasteiger partial charge in [0.05, 0.1) is 0 Å². The molecule has 0 aromatic carbocycles. The highest BCUT2D eigenvalue weighted by molar-refractivity contribution is 5.85. The van der Waals surface area contributed by atoms with Gasteiger partial charge in [-0.15, -0.1) is 0 Å². The highest BCUT2D eigenvalue weighted by atomic mass is 16.6. The first-order valence-corrected chi connectivity index (χ1v) is 3.83. The molecule has 0 aliphatic carbocycles. The molecule has 0 fully saturated rings. The summed E-state index contributed by atoms with van der Waals surface area (Å²) in [6, 6.07) is 0. The van der Waals surface area contributed by atoms with E-state index in [1.54, 1.807) is 0 Å². The van der Waals surface area contributed by atoms with Crippen molar-refractivity contribution in [3.8, 4) is 0 Å². The third-order valence-corrected chi connectivity index (χ3v) is 1.19. The number of carboxylic acid groups (broad SMARTS) is 2. The molecule has 6 N–H and O–H groups in total. The zero-order valence-corrected chi connectivity index (χ0v) is 8.40. The Balaban J connectivity index is 0. The van der Waals surface area contributed by atoms with Crippen LogP contribution in [0.15, 0.2) is 5.10 Å². The smallest absolute Gasteiger partial charge is 0.450 e. The van der Waals surface area contributed by atoms with E-state index in [-0.39, 0.29) is 5.96 Å². The highest BCUT2D eigenvalue weighted by Gasteiger charge is 1.96. The first kappa shape index (κ1) is 14.7. The largest absolute Gasteiger partial charge is 0.503 e. The van der Waals surface area contributed by atoms with Gasteiger partial charge in [0.25, 0.3) is 0 Å². The second-order valence-corrected chi connectivity index (χ2v) is 2.72. The Bertz CT molecular complexity index is 221. The number of guanidine groups is 1. The van der Waals surface area contributed by atoms with Crippen LogP contribution in [0.25, 0.3) is 0 Å². The predicted octanol–water partition coefficient (Wildman–Crippen LogP) is 0.724. The van der Waals surface area contributed by atoms with Crippen molar-refractivity contribution in [1.82, 2.24) is 5.43 Å². The summed E-state index contributed by atoms with van der Waals surface area (Å²) < 4.78 is 0. The van der Waals surface area contributed by atoms with Crippen molar-refractivity contribution in [1.29, 1.82) is 5.41 Å². The molecule has 0 saturated heterocycles. The maximum absolute atomic E-state index is 8.56. The van der Waals surface area contributed by atoms with Crippen molar-refractivity contribution in [3.05, 3.63) is 0 Å². The van der Waals surface area contributed by atoms with Gasteiger partial charge in [-0.3, -0.25) is 5.41 Å². The molecule has 0 spiro atoms. The summed E-state index contributed by atoms with van der Waals surface area (Å²) in [5.41, 5.74) is 8.32. The Morgan fingerprint density at radius 2 is 1.86 bits per heavy atom. The average molecular weight is 204 g/mol. The molecule has 0 aromatic heterocycles. The van der Waals surface area contributed by atoms with E-state index in [1.165, 1.54) is 0 Å². The highest BCUT2D eigenvalue weighted by Crippen LogP contribution is 1.93. The Labute approximate surface area is 82.1 Å². The minimum absolute atomic E-state index is 0.125. The number of hydrogen-bond donors (Lipinski definition) is 5. The lowest BCUT2D eigenvalue weighted by Gasteiger charge is -2.03. The van der Waals surface area contributed by atoms with Crippen LogP contribution < -0.4 is 11.2 Å². The number of nitrogens with one attached hydrogen (secondary N) is 2. The van der Waals surface area contributed by atoms with Gasteiger partial charge in [-0.25, -0.2) is 10.2 Å². The summed E-state index contributed by atoms with van der Waals surface area (Å²) in [4.78, 5) is 8.56. The van der Waals surface area contributed by atoms with Gasteiger partial charge < -0.3 is 15.9 Å². The lowest BCUT2D eigenvalue weighted by atomic mass is 10.1. The van der Waals surface area contributed by atoms with E-state index in [1.807, 2.05) is 20.8 Å². The molecule has 0 unspecified atom stereocenters. The Morgan fingerprint density at radius 1 is 1.50 bits per heavy atom. The normalized spacial score (nSPS) is 10.1. The number of hydrogen-bond acceptors (Lipinski definition) is 3. The number of hydrazone groups is 1. The second-order valence-electron chi connectivity index (χ2n) is 2.72. The SMILES string of the molecule is CC(=NNC(=N)N)C(C)C.O=C(O)O. The Kier molecular flexibility index (Phi) is 8.24. The summed E-state index contributed by atoms with van der Waals surface area (Å²) >= 11 is 0. The van der Waals surface area contributed by atoms with Crippen LogP contribution in [-0.2, 0) is 0 Å². The van der Waals surface area contributed by atoms with E-state index >= 15 is 0 Å². The van der Waals surface area contributed by atoms with Gasteiger partial charge in [-0.1, -0.05) is 13.8 Å². The van der Waals surface area contributed by atoms with Crippen molar-refractivity contribution in [2.24, 2.45) is 16.8 Å². The van der Waals surface area contributed by atoms with Crippen LogP contribution in [0.4, 0.5) is 4.79 Å². The topological polar surface area (TPSA) is 132 Å². The minimum atomic E-state index is -1.83. The molecular formula is C7H16N4O3. The molecule has 82 valence electrons. The zero-order chi connectivity index (χ0) is 11.7. The van der Waals surface area contributed by atoms with Crippen molar-refractivity contribution >= 4 is 17.8 Å². The zero-order valence-electron chi connectivity index (χ0n) is 8.40. The summed E-state index contributed by atoms with van der Waals surface area (Å²) in [5.74, 6) is 0.270. The Hall–Kier alpha value is -1.79. The molecule has 7 heteroatoms. The molecule has 14 heavy (non-hydrogen) atoms. The fourth-order valence-electron chi connectivity index (χ4n) is 0.278. The standard InChI is InChI=1S/C6H14N4.CH2O3/c1-4(2)5(3)9-10-6(7)8;2-1(3)4/h4H,1-3H3,(H4,7,8,10);(H2,2,3,4). The molecule has 0 bridgehead atoms. The minimum Gasteiger partial charge on any atom is -0.450 e. The molecule has 0 aromatic rings. The maximum atomic E-state index is 8.56. The third kappa shape index (κ3) is 16.7. The number of nitrogens with two attached hydrogens (primary N) is 1. The van der Waals surface area contributed by atoms with Gasteiger partial charge in [0.2, 0.25) is 5.96 Å². The maximum Gasteiger partial charge on any atom is 0.503 e. The lowest BCUT2D eigenvalue weighted by Crippen LogP contribution is -2.27. The molecule has 0 heterocycles. The molecule has 7 nitrogen and oxygen atoms in total. The van der Waals surface area contributed by atoms with E-state index in [0.717, 1.165) is 5.71 Å². The van der Waals surface area contributed by atoms with E-state index in [9.17, 15) is 0 Å². The molecular weight excluding hydrogens is 188 g/mol. The summed E-state index contributed by atoms with van der Waals surface area (Å²) in [6.45, 7) is 5.95. The van der Waals surface area contributed by atoms with Crippen LogP contribution in [0.3, 0.4) is 0 Å². The molecule has 0 aliphatic rings. The fourth-order valence-corrected chi connectivity index (χ4v) is 0.278. The fraction of sp³-hybridized carbons (Fsp3) is 0.571. The van der Waals surface area contributed by atoms with E-state index < -0.39 is 6.16 Å². The number of nitrogens with zero attached hydrogens (tertiary/aromatic N) is 1. The van der Waals surface area contributed by atoms with Crippen LogP contribution in [0.2, 0.25) is 0 Å². The van der Waals surface area contributed by atoms with Crippen LogP contribution >= 0.6 is 0 Å². The second kappa shape index (κ2) is 7.84. The number of carbonyl (C=O) groups is 1. The van der Waals surface area contributed by atoms with Crippen molar-refractivity contribution < 1.29 is 15.0 Å². The van der Waals surface area contributed by atoms with E-state index in [2.05, 4.69) is 10.5 Å². The van der Waals surface area contributed by atoms with Gasteiger partial charge in [0, 0.05) is 5.71 Å². The summed E-state index contributed by atoms with van der Waals surface area (Å²) in [7, 11) is 0. The monoisotopic (exact) mass is 204 g/mol. The lowest BCUT2D eigenvalue weighted by molar-refractivity contribution is 0.137. The summed E-state index contributed by atoms with van der Waals surface area (Å²) in [5, 5.41) is 24.6. The van der Waals surface area contributed by atoms with Crippen molar-refractivity contribution in [2.45, 2.75) is 20.8 Å². The van der Waals surface area contributed by atoms with Gasteiger partial charge in [-0.05, 0) is 12.8 Å². The molecule has 0 radical (unpaired) electrons. The number of rotatable bonds is 2. The van der Waals surface area contributed by atoms with E-state index in [4.69, 9.17) is 26.2 Å². The molecule has 0 rings (SSSR count). The Morgan fingerprint density at radius 3 is 2.07 bits per heavy atom. The van der Waals surface area contributed by atoms with Crippen molar-refractivity contribution in [2.75, 3.05) is 0 Å².